The number of hydrogen-bond acceptors (Lipinski definition) is 6. The largest absolute Gasteiger partial charge is 0.546 e. The van der Waals surface area contributed by atoms with Gasteiger partial charge in [0.25, 0.3) is 0 Å². The Labute approximate surface area is 67.4 Å². The van der Waals surface area contributed by atoms with E-state index in [0.717, 1.165) is 0 Å². The first-order valence-corrected chi connectivity index (χ1v) is 3.30. The van der Waals surface area contributed by atoms with E-state index in [1.165, 1.54) is 0 Å². The fraction of sp³-hybridized carbons (Fsp3) is 0.667. The molecule has 0 spiro atoms. The first kappa shape index (κ1) is 8.95. The lowest BCUT2D eigenvalue weighted by Gasteiger charge is -2.29. The third kappa shape index (κ3) is 1.54. The molecule has 6 nitrogen and oxygen atoms in total. The Morgan fingerprint density at radius 2 is 2.17 bits per heavy atom. The highest BCUT2D eigenvalue weighted by Gasteiger charge is 2.36. The van der Waals surface area contributed by atoms with Gasteiger partial charge in [0, 0.05) is 6.42 Å². The van der Waals surface area contributed by atoms with Crippen LogP contribution in [0.3, 0.4) is 0 Å². The van der Waals surface area contributed by atoms with Crippen LogP contribution in [0.15, 0.2) is 0 Å². The van der Waals surface area contributed by atoms with Crippen molar-refractivity contribution in [3.63, 3.8) is 0 Å². The fourth-order valence-corrected chi connectivity index (χ4v) is 0.908. The van der Waals surface area contributed by atoms with Crippen molar-refractivity contribution in [3.8, 4) is 0 Å². The molecule has 1 rings (SSSR count). The highest BCUT2D eigenvalue weighted by molar-refractivity contribution is 5.81. The topological polar surface area (TPSA) is 107 Å². The molecule has 1 fully saturated rings. The summed E-state index contributed by atoms with van der Waals surface area (Å²) in [5.74, 6) is -2.71. The van der Waals surface area contributed by atoms with Gasteiger partial charge < -0.3 is 24.9 Å². The quantitative estimate of drug-likeness (QED) is 0.406. The molecule has 0 aromatic carbocycles. The second-order valence-corrected chi connectivity index (χ2v) is 2.49. The maximum atomic E-state index is 10.6. The van der Waals surface area contributed by atoms with Crippen LogP contribution in [0.2, 0.25) is 0 Å². The van der Waals surface area contributed by atoms with E-state index >= 15 is 0 Å². The van der Waals surface area contributed by atoms with Gasteiger partial charge in [-0.1, -0.05) is 0 Å². The summed E-state index contributed by atoms with van der Waals surface area (Å²) in [5, 5.41) is 27.9. The van der Waals surface area contributed by atoms with Crippen LogP contribution in [-0.2, 0) is 14.3 Å². The van der Waals surface area contributed by atoms with Gasteiger partial charge in [-0.2, -0.15) is 0 Å². The van der Waals surface area contributed by atoms with E-state index in [9.17, 15) is 14.7 Å². The van der Waals surface area contributed by atoms with Crippen molar-refractivity contribution in [2.24, 2.45) is 0 Å². The number of aliphatic hydroxyl groups is 2. The molecule has 1 aliphatic rings. The van der Waals surface area contributed by atoms with Crippen LogP contribution in [0.4, 0.5) is 0 Å². The molecule has 12 heavy (non-hydrogen) atoms. The Morgan fingerprint density at radius 1 is 1.58 bits per heavy atom. The van der Waals surface area contributed by atoms with Crippen LogP contribution >= 0.6 is 0 Å². The molecule has 0 amide bonds. The van der Waals surface area contributed by atoms with Gasteiger partial charge in [0.15, 0.2) is 6.10 Å². The van der Waals surface area contributed by atoms with Crippen LogP contribution in [0.25, 0.3) is 0 Å². The van der Waals surface area contributed by atoms with Gasteiger partial charge in [-0.15, -0.1) is 0 Å². The zero-order valence-corrected chi connectivity index (χ0v) is 5.97. The average molecular weight is 175 g/mol. The maximum absolute atomic E-state index is 10.6. The number of carbonyl (C=O) groups is 2. The standard InChI is InChI=1S/C6H8O6/c7-2-1-3(5(9)10)12-6(11)4(2)8/h2-4,7-8H,1H2,(H,9,10)/p-1/t2-,3?,4-/m0/s1. The summed E-state index contributed by atoms with van der Waals surface area (Å²) in [6.45, 7) is 0. The molecule has 0 aromatic heterocycles. The number of aliphatic carboxylic acids is 1. The van der Waals surface area contributed by atoms with Crippen molar-refractivity contribution < 1.29 is 29.6 Å². The van der Waals surface area contributed by atoms with Gasteiger partial charge in [-0.05, 0) is 0 Å². The molecule has 3 atom stereocenters. The number of cyclic esters (lactones) is 1. The molecular formula is C6H7O6-. The van der Waals surface area contributed by atoms with Crippen molar-refractivity contribution in [2.45, 2.75) is 24.7 Å². The minimum Gasteiger partial charge on any atom is -0.546 e. The first-order chi connectivity index (χ1) is 5.52. The van der Waals surface area contributed by atoms with Crippen molar-refractivity contribution in [1.29, 1.82) is 0 Å². The molecule has 1 aliphatic heterocycles. The average Bonchev–Trinajstić information content (AvgIpc) is 1.99. The van der Waals surface area contributed by atoms with Crippen molar-refractivity contribution >= 4 is 11.9 Å². The minimum absolute atomic E-state index is 0.338. The maximum Gasteiger partial charge on any atom is 0.338 e. The predicted molar refractivity (Wildman–Crippen MR) is 31.5 cm³/mol. The molecule has 6 heteroatoms. The van der Waals surface area contributed by atoms with E-state index in [1.807, 2.05) is 0 Å². The van der Waals surface area contributed by atoms with Crippen molar-refractivity contribution in [3.05, 3.63) is 0 Å². The number of carboxylic acid groups (broad SMARTS) is 1. The van der Waals surface area contributed by atoms with E-state index < -0.39 is 30.3 Å². The molecule has 0 aromatic rings. The van der Waals surface area contributed by atoms with Crippen LogP contribution in [0.5, 0.6) is 0 Å². The van der Waals surface area contributed by atoms with Gasteiger partial charge in [0.1, 0.15) is 6.10 Å². The molecule has 2 N–H and O–H groups in total. The molecule has 1 unspecified atom stereocenters. The third-order valence-corrected chi connectivity index (χ3v) is 1.58. The van der Waals surface area contributed by atoms with Crippen molar-refractivity contribution in [1.82, 2.24) is 0 Å². The molecular weight excluding hydrogens is 168 g/mol. The number of ether oxygens (including phenoxy) is 1. The summed E-state index contributed by atoms with van der Waals surface area (Å²) >= 11 is 0. The Bertz CT molecular complexity index is 212. The van der Waals surface area contributed by atoms with Crippen LogP contribution < -0.4 is 5.11 Å². The Balaban J connectivity index is 2.66. The number of aliphatic hydroxyl groups excluding tert-OH is 2. The normalized spacial score (nSPS) is 35.8. The number of hydrogen-bond donors (Lipinski definition) is 2. The molecule has 1 saturated heterocycles. The highest BCUT2D eigenvalue weighted by atomic mass is 16.6. The molecule has 0 aliphatic carbocycles. The predicted octanol–water partition coefficient (Wildman–Crippen LogP) is -3.23. The molecule has 0 saturated carbocycles. The zero-order chi connectivity index (χ0) is 9.30. The Kier molecular flexibility index (Phi) is 2.30. The molecule has 1 heterocycles. The minimum atomic E-state index is -1.65. The summed E-state index contributed by atoms with van der Waals surface area (Å²) in [4.78, 5) is 20.8. The summed E-state index contributed by atoms with van der Waals surface area (Å²) < 4.78 is 4.22. The number of rotatable bonds is 1. The van der Waals surface area contributed by atoms with Gasteiger partial charge in [0.2, 0.25) is 0 Å². The van der Waals surface area contributed by atoms with E-state index in [0.29, 0.717) is 0 Å². The third-order valence-electron chi connectivity index (χ3n) is 1.58. The summed E-state index contributed by atoms with van der Waals surface area (Å²) in [6, 6.07) is 0. The highest BCUT2D eigenvalue weighted by Crippen LogP contribution is 2.14. The summed E-state index contributed by atoms with van der Waals surface area (Å²) in [5.41, 5.74) is 0. The van der Waals surface area contributed by atoms with E-state index in [1.54, 1.807) is 0 Å². The monoisotopic (exact) mass is 175 g/mol. The van der Waals surface area contributed by atoms with Gasteiger partial charge in [-0.3, -0.25) is 0 Å². The van der Waals surface area contributed by atoms with Crippen LogP contribution in [-0.4, -0.2) is 40.5 Å². The number of carbonyl (C=O) groups excluding carboxylic acids is 2. The van der Waals surface area contributed by atoms with E-state index in [4.69, 9.17) is 10.2 Å². The van der Waals surface area contributed by atoms with Gasteiger partial charge in [0.05, 0.1) is 12.1 Å². The second-order valence-electron chi connectivity index (χ2n) is 2.49. The summed E-state index contributed by atoms with van der Waals surface area (Å²) in [7, 11) is 0. The van der Waals surface area contributed by atoms with Gasteiger partial charge >= 0.3 is 5.97 Å². The zero-order valence-electron chi connectivity index (χ0n) is 5.97. The Hall–Kier alpha value is -1.14. The lowest BCUT2D eigenvalue weighted by Crippen LogP contribution is -2.51. The lowest BCUT2D eigenvalue weighted by molar-refractivity contribution is -0.318. The molecule has 0 radical (unpaired) electrons. The fourth-order valence-electron chi connectivity index (χ4n) is 0.908. The van der Waals surface area contributed by atoms with E-state index in [2.05, 4.69) is 4.74 Å². The van der Waals surface area contributed by atoms with Crippen molar-refractivity contribution in [2.75, 3.05) is 0 Å². The SMILES string of the molecule is O=C([O-])C1C[C@H](O)[C@H](O)C(=O)O1. The molecule has 0 bridgehead atoms. The van der Waals surface area contributed by atoms with Crippen LogP contribution in [0.1, 0.15) is 6.42 Å². The van der Waals surface area contributed by atoms with E-state index in [-0.39, 0.29) is 6.42 Å². The number of esters is 1. The van der Waals surface area contributed by atoms with Crippen LogP contribution in [0, 0.1) is 0 Å². The second kappa shape index (κ2) is 3.08. The van der Waals surface area contributed by atoms with Gasteiger partial charge in [-0.25, -0.2) is 4.79 Å². The molecule has 68 valence electrons. The summed E-state index contributed by atoms with van der Waals surface area (Å²) in [6.07, 6.45) is -4.85. The lowest BCUT2D eigenvalue weighted by atomic mass is 10.0. The Morgan fingerprint density at radius 3 is 2.58 bits per heavy atom. The number of carboxylic acids is 1. The smallest absolute Gasteiger partial charge is 0.338 e. The first-order valence-electron chi connectivity index (χ1n) is 3.30.